The second-order valence-electron chi connectivity index (χ2n) is 19.5. The van der Waals surface area contributed by atoms with Crippen LogP contribution in [-0.4, -0.2) is 105 Å². The van der Waals surface area contributed by atoms with E-state index in [0.29, 0.717) is 57.8 Å². The lowest BCUT2D eigenvalue weighted by atomic mass is 9.72. The van der Waals surface area contributed by atoms with E-state index < -0.39 is 95.1 Å². The van der Waals surface area contributed by atoms with E-state index in [-0.39, 0.29) is 35.7 Å². The fraction of sp³-hybridized carbons (Fsp3) is 0.891. The van der Waals surface area contributed by atoms with Crippen LogP contribution in [0.4, 0.5) is 4.79 Å². The van der Waals surface area contributed by atoms with Crippen LogP contribution in [0.2, 0.25) is 0 Å². The van der Waals surface area contributed by atoms with Crippen molar-refractivity contribution < 1.29 is 58.1 Å². The van der Waals surface area contributed by atoms with E-state index in [0.717, 1.165) is 6.42 Å². The molecular formula is C46H77NO12. The summed E-state index contributed by atoms with van der Waals surface area (Å²) in [5.41, 5.74) is -1.72. The Morgan fingerprint density at radius 1 is 0.881 bits per heavy atom. The number of hydrogen-bond acceptors (Lipinski definition) is 11. The Balaban J connectivity index is 1.39. The summed E-state index contributed by atoms with van der Waals surface area (Å²) in [5.74, 6) is -6.06. The predicted molar refractivity (Wildman–Crippen MR) is 221 cm³/mol. The number of ether oxygens (including phenoxy) is 6. The largest absolute Gasteiger partial charge is 0.481 e. The molecule has 4 fully saturated rings. The number of rotatable bonds is 14. The molecule has 0 aromatic carbocycles. The zero-order chi connectivity index (χ0) is 43.8. The molecule has 4 N–H and O–H groups in total. The van der Waals surface area contributed by atoms with E-state index in [1.54, 1.807) is 20.8 Å². The van der Waals surface area contributed by atoms with Crippen molar-refractivity contribution in [2.45, 2.75) is 219 Å². The van der Waals surface area contributed by atoms with Gasteiger partial charge in [-0.25, -0.2) is 4.79 Å². The highest BCUT2D eigenvalue weighted by Gasteiger charge is 2.63. The number of ketones is 1. The Labute approximate surface area is 353 Å². The minimum absolute atomic E-state index is 0.0234. The van der Waals surface area contributed by atoms with Gasteiger partial charge in [-0.2, -0.15) is 0 Å². The minimum Gasteiger partial charge on any atom is -0.481 e. The van der Waals surface area contributed by atoms with Gasteiger partial charge in [-0.05, 0) is 103 Å². The molecule has 0 aromatic rings. The lowest BCUT2D eigenvalue weighted by Gasteiger charge is -2.55. The molecule has 5 heterocycles. The Kier molecular flexibility index (Phi) is 15.2. The summed E-state index contributed by atoms with van der Waals surface area (Å²) in [6.45, 7) is 23.2. The highest BCUT2D eigenvalue weighted by Crippen LogP contribution is 2.54. The van der Waals surface area contributed by atoms with E-state index in [1.807, 2.05) is 53.7 Å². The van der Waals surface area contributed by atoms with Crippen molar-refractivity contribution in [2.24, 2.45) is 41.4 Å². The first-order chi connectivity index (χ1) is 27.6. The predicted octanol–water partition coefficient (Wildman–Crippen LogP) is 7.33. The SMILES string of the molecule is CCC(C(=O)[C@@H](C)[C@@H](O)[C@H](C)[C@@H]1O[C@@H](C(CC)C(=O)O)CC[C@@H]1C)[C@H]1O[C@]2(C=C[C@@H](NC(=O)OC(C)C)[C@]3(CC[C@@](C)([C@H]4CC[C@](O)(CC)[C@H](C)O4)O3)O2)[C@H](C)C[C@@H]1C. The molecule has 5 aliphatic heterocycles. The van der Waals surface area contributed by atoms with Crippen LogP contribution in [0, 0.1) is 41.4 Å². The number of aliphatic hydroxyl groups is 2. The maximum absolute atomic E-state index is 14.6. The molecule has 338 valence electrons. The maximum Gasteiger partial charge on any atom is 0.408 e. The van der Waals surface area contributed by atoms with Crippen LogP contribution in [0.5, 0.6) is 0 Å². The third-order valence-electron chi connectivity index (χ3n) is 15.1. The molecule has 0 saturated carbocycles. The normalized spacial score (nSPS) is 42.6. The van der Waals surface area contributed by atoms with Crippen molar-refractivity contribution in [2.75, 3.05) is 0 Å². The number of nitrogens with one attached hydrogen (secondary N) is 1. The van der Waals surface area contributed by atoms with Crippen LogP contribution in [0.15, 0.2) is 12.2 Å². The first kappa shape index (κ1) is 47.9. The topological polar surface area (TPSA) is 179 Å². The van der Waals surface area contributed by atoms with E-state index >= 15 is 0 Å². The molecule has 2 unspecified atom stereocenters. The summed E-state index contributed by atoms with van der Waals surface area (Å²) >= 11 is 0. The number of hydrogen-bond donors (Lipinski definition) is 4. The van der Waals surface area contributed by atoms with Crippen molar-refractivity contribution in [3.05, 3.63) is 12.2 Å². The van der Waals surface area contributed by atoms with Gasteiger partial charge in [-0.1, -0.05) is 61.5 Å². The van der Waals surface area contributed by atoms with Gasteiger partial charge in [-0.15, -0.1) is 0 Å². The van der Waals surface area contributed by atoms with Gasteiger partial charge >= 0.3 is 12.1 Å². The van der Waals surface area contributed by atoms with Gasteiger partial charge in [0.05, 0.1) is 59.8 Å². The quantitative estimate of drug-likeness (QED) is 0.128. The van der Waals surface area contributed by atoms with Gasteiger partial charge in [0.1, 0.15) is 11.8 Å². The number of amides is 1. The number of aliphatic hydroxyl groups excluding tert-OH is 1. The van der Waals surface area contributed by atoms with Crippen molar-refractivity contribution in [3.63, 3.8) is 0 Å². The van der Waals surface area contributed by atoms with Crippen LogP contribution >= 0.6 is 0 Å². The van der Waals surface area contributed by atoms with Crippen molar-refractivity contribution in [1.82, 2.24) is 5.32 Å². The summed E-state index contributed by atoms with van der Waals surface area (Å²) in [4.78, 5) is 39.7. The summed E-state index contributed by atoms with van der Waals surface area (Å²) < 4.78 is 39.8. The standard InChI is InChI=1S/C46H77NO12/c1-13-32(41(50)51)34-17-16-26(6)39(56-34)30(10)37(48)29(9)38(49)33(14-2)40-27(7)24-28(8)45(57-40)21-18-35(47-42(52)54-25(4)5)46(59-45)23-22-43(12,58-46)36-19-20-44(53,15-3)31(11)55-36/h18,21,25-37,39-40,48,53H,13-17,19-20,22-24H2,1-12H3,(H,47,52)(H,50,51)/t26-,27-,28+,29-,30-,31-,32?,33?,34+,35+,36+,37+,39+,40-,43-,44+,45-,46-/m0/s1. The smallest absolute Gasteiger partial charge is 0.408 e. The first-order valence-electron chi connectivity index (χ1n) is 22.8. The molecule has 4 saturated heterocycles. The molecule has 5 rings (SSSR count). The van der Waals surface area contributed by atoms with Crippen LogP contribution in [-0.2, 0) is 38.0 Å². The van der Waals surface area contributed by atoms with Crippen LogP contribution in [0.1, 0.15) is 147 Å². The third kappa shape index (κ3) is 9.61. The highest BCUT2D eigenvalue weighted by molar-refractivity contribution is 5.84. The van der Waals surface area contributed by atoms with Crippen LogP contribution < -0.4 is 5.32 Å². The maximum atomic E-state index is 14.6. The number of carboxylic acids is 1. The molecule has 0 aliphatic carbocycles. The molecule has 59 heavy (non-hydrogen) atoms. The van der Waals surface area contributed by atoms with Crippen molar-refractivity contribution in [3.8, 4) is 0 Å². The Morgan fingerprint density at radius 3 is 2.15 bits per heavy atom. The van der Waals surface area contributed by atoms with Gasteiger partial charge in [0.25, 0.3) is 0 Å². The zero-order valence-corrected chi connectivity index (χ0v) is 37.9. The number of alkyl carbamates (subject to hydrolysis) is 1. The first-order valence-corrected chi connectivity index (χ1v) is 22.8. The van der Waals surface area contributed by atoms with Crippen LogP contribution in [0.25, 0.3) is 0 Å². The van der Waals surface area contributed by atoms with Crippen molar-refractivity contribution >= 4 is 17.8 Å². The minimum atomic E-state index is -1.36. The molecule has 0 radical (unpaired) electrons. The van der Waals surface area contributed by atoms with E-state index in [2.05, 4.69) is 26.1 Å². The molecule has 0 aromatic heterocycles. The average Bonchev–Trinajstić information content (AvgIpc) is 3.52. The van der Waals surface area contributed by atoms with E-state index in [4.69, 9.17) is 28.4 Å². The summed E-state index contributed by atoms with van der Waals surface area (Å²) in [7, 11) is 0. The lowest BCUT2D eigenvalue weighted by Crippen LogP contribution is -2.65. The monoisotopic (exact) mass is 836 g/mol. The molecular weight excluding hydrogens is 759 g/mol. The molecule has 18 atom stereocenters. The van der Waals surface area contributed by atoms with Gasteiger partial charge in [-0.3, -0.25) is 9.59 Å². The summed E-state index contributed by atoms with van der Waals surface area (Å²) in [6, 6.07) is -0.726. The van der Waals surface area contributed by atoms with E-state index in [9.17, 15) is 29.7 Å². The zero-order valence-electron chi connectivity index (χ0n) is 37.9. The summed E-state index contributed by atoms with van der Waals surface area (Å²) in [6.07, 6.45) is 5.44. The second-order valence-corrected chi connectivity index (χ2v) is 19.5. The summed E-state index contributed by atoms with van der Waals surface area (Å²) in [5, 5.41) is 35.8. The second kappa shape index (κ2) is 18.7. The van der Waals surface area contributed by atoms with Gasteiger partial charge in [0.2, 0.25) is 0 Å². The Bertz CT molecular complexity index is 1510. The number of aliphatic carboxylic acids is 1. The Morgan fingerprint density at radius 2 is 1.56 bits per heavy atom. The fourth-order valence-electron chi connectivity index (χ4n) is 11.0. The number of carbonyl (C=O) groups excluding carboxylic acids is 2. The fourth-order valence-corrected chi connectivity index (χ4v) is 11.0. The molecule has 2 spiro atoms. The molecule has 5 aliphatic rings. The molecule has 1 amide bonds. The molecule has 13 nitrogen and oxygen atoms in total. The Hall–Kier alpha value is -2.13. The van der Waals surface area contributed by atoms with Gasteiger partial charge in [0.15, 0.2) is 11.6 Å². The van der Waals surface area contributed by atoms with Crippen molar-refractivity contribution in [1.29, 1.82) is 0 Å². The molecule has 13 heteroatoms. The van der Waals surface area contributed by atoms with Gasteiger partial charge in [0, 0.05) is 30.1 Å². The van der Waals surface area contributed by atoms with E-state index in [1.165, 1.54) is 0 Å². The van der Waals surface area contributed by atoms with Crippen LogP contribution in [0.3, 0.4) is 0 Å². The average molecular weight is 836 g/mol. The molecule has 0 bridgehead atoms. The third-order valence-corrected chi connectivity index (χ3v) is 15.1. The van der Waals surface area contributed by atoms with Gasteiger partial charge < -0.3 is 49.1 Å². The number of Topliss-reactive ketones (excluding diaryl/α,β-unsaturated/α-hetero) is 1. The number of carboxylic acid groups (broad SMARTS) is 1. The highest BCUT2D eigenvalue weighted by atomic mass is 16.8. The number of carbonyl (C=O) groups is 3. The lowest BCUT2D eigenvalue weighted by molar-refractivity contribution is -0.398.